The number of hydrogen-bond acceptors (Lipinski definition) is 5. The molecule has 1 N–H and O–H groups in total. The lowest BCUT2D eigenvalue weighted by Gasteiger charge is -2.01. The van der Waals surface area contributed by atoms with Gasteiger partial charge in [0.25, 0.3) is 0 Å². The van der Waals surface area contributed by atoms with Gasteiger partial charge in [-0.2, -0.15) is 0 Å². The van der Waals surface area contributed by atoms with Crippen molar-refractivity contribution in [2.45, 2.75) is 6.54 Å². The Morgan fingerprint density at radius 2 is 1.86 bits per heavy atom. The van der Waals surface area contributed by atoms with Gasteiger partial charge in [0.2, 0.25) is 10.1 Å². The van der Waals surface area contributed by atoms with E-state index in [1.165, 1.54) is 5.56 Å². The van der Waals surface area contributed by atoms with Gasteiger partial charge in [0.1, 0.15) is 0 Å². The van der Waals surface area contributed by atoms with E-state index in [1.54, 1.807) is 23.7 Å². The molecule has 6 heteroatoms. The van der Waals surface area contributed by atoms with Crippen LogP contribution in [-0.2, 0) is 6.54 Å². The van der Waals surface area contributed by atoms with Gasteiger partial charge in [-0.3, -0.25) is 4.98 Å². The van der Waals surface area contributed by atoms with Crippen LogP contribution in [0.1, 0.15) is 5.56 Å². The molecule has 108 valence electrons. The molecule has 3 aromatic heterocycles. The lowest BCUT2D eigenvalue weighted by molar-refractivity contribution is 0.967. The molecule has 22 heavy (non-hydrogen) atoms. The minimum atomic E-state index is 0.722. The van der Waals surface area contributed by atoms with Crippen molar-refractivity contribution in [2.24, 2.45) is 0 Å². The van der Waals surface area contributed by atoms with Crippen molar-refractivity contribution >= 4 is 21.4 Å². The Balaban J connectivity index is 1.60. The fraction of sp³-hybridized carbons (Fsp3) is 0.0625. The SMILES string of the molecule is c1ccc(-c2cnc3sc(NCc4ccncc4)nn23)cc1. The Hall–Kier alpha value is -2.73. The smallest absolute Gasteiger partial charge is 0.214 e. The fourth-order valence-corrected chi connectivity index (χ4v) is 3.02. The molecule has 3 heterocycles. The summed E-state index contributed by atoms with van der Waals surface area (Å²) >= 11 is 1.55. The van der Waals surface area contributed by atoms with Crippen LogP contribution in [0.25, 0.3) is 16.2 Å². The summed E-state index contributed by atoms with van der Waals surface area (Å²) in [5.74, 6) is 0. The highest BCUT2D eigenvalue weighted by molar-refractivity contribution is 7.20. The number of nitrogens with zero attached hydrogens (tertiary/aromatic N) is 4. The molecule has 4 rings (SSSR count). The first-order chi connectivity index (χ1) is 10.9. The average Bonchev–Trinajstić information content (AvgIpc) is 3.15. The largest absolute Gasteiger partial charge is 0.356 e. The highest BCUT2D eigenvalue weighted by Crippen LogP contribution is 2.25. The normalized spacial score (nSPS) is 10.9. The standard InChI is InChI=1S/C16H13N5S/c1-2-4-13(5-3-1)14-11-19-16-21(14)20-15(22-16)18-10-12-6-8-17-9-7-12/h1-9,11H,10H2,(H,18,20). The molecule has 4 aromatic rings. The summed E-state index contributed by atoms with van der Waals surface area (Å²) in [7, 11) is 0. The van der Waals surface area contributed by atoms with Crippen LogP contribution in [0.4, 0.5) is 5.13 Å². The van der Waals surface area contributed by atoms with Crippen LogP contribution in [-0.4, -0.2) is 19.6 Å². The number of aromatic nitrogens is 4. The van der Waals surface area contributed by atoms with Crippen LogP contribution in [0.2, 0.25) is 0 Å². The van der Waals surface area contributed by atoms with Gasteiger partial charge < -0.3 is 5.32 Å². The Bertz CT molecular complexity index is 883. The number of rotatable bonds is 4. The summed E-state index contributed by atoms with van der Waals surface area (Å²) in [6, 6.07) is 14.1. The number of imidazole rings is 1. The van der Waals surface area contributed by atoms with Crippen molar-refractivity contribution < 1.29 is 0 Å². The second-order valence-electron chi connectivity index (χ2n) is 4.82. The van der Waals surface area contributed by atoms with E-state index in [0.29, 0.717) is 0 Å². The monoisotopic (exact) mass is 307 g/mol. The molecule has 0 amide bonds. The summed E-state index contributed by atoms with van der Waals surface area (Å²) < 4.78 is 1.88. The van der Waals surface area contributed by atoms with Crippen LogP contribution in [0.15, 0.2) is 61.1 Å². The molecule has 5 nitrogen and oxygen atoms in total. The second-order valence-corrected chi connectivity index (χ2v) is 5.78. The number of nitrogens with one attached hydrogen (secondary N) is 1. The number of anilines is 1. The zero-order valence-electron chi connectivity index (χ0n) is 11.7. The van der Waals surface area contributed by atoms with E-state index in [-0.39, 0.29) is 0 Å². The molecular weight excluding hydrogens is 294 g/mol. The maximum absolute atomic E-state index is 4.61. The third-order valence-corrected chi connectivity index (χ3v) is 4.23. The molecule has 0 aliphatic heterocycles. The molecule has 0 bridgehead atoms. The van der Waals surface area contributed by atoms with Crippen molar-refractivity contribution in [3.8, 4) is 11.3 Å². The average molecular weight is 307 g/mol. The van der Waals surface area contributed by atoms with Gasteiger partial charge in [0, 0.05) is 24.5 Å². The third-order valence-electron chi connectivity index (χ3n) is 3.35. The maximum Gasteiger partial charge on any atom is 0.214 e. The fourth-order valence-electron chi connectivity index (χ4n) is 2.25. The predicted molar refractivity (Wildman–Crippen MR) is 87.9 cm³/mol. The second kappa shape index (κ2) is 5.57. The first kappa shape index (κ1) is 13.0. The van der Waals surface area contributed by atoms with E-state index >= 15 is 0 Å². The van der Waals surface area contributed by atoms with E-state index < -0.39 is 0 Å². The van der Waals surface area contributed by atoms with Crippen LogP contribution in [0, 0.1) is 0 Å². The molecule has 0 atom stereocenters. The van der Waals surface area contributed by atoms with Crippen molar-refractivity contribution in [1.29, 1.82) is 0 Å². The maximum atomic E-state index is 4.61. The topological polar surface area (TPSA) is 55.1 Å². The Morgan fingerprint density at radius 1 is 1.05 bits per heavy atom. The number of fused-ring (bicyclic) bond motifs is 1. The molecule has 0 aliphatic rings. The zero-order valence-corrected chi connectivity index (χ0v) is 12.5. The zero-order chi connectivity index (χ0) is 14.8. The molecule has 0 spiro atoms. The quantitative estimate of drug-likeness (QED) is 0.627. The molecular formula is C16H13N5S. The van der Waals surface area contributed by atoms with Gasteiger partial charge >= 0.3 is 0 Å². The van der Waals surface area contributed by atoms with Crippen LogP contribution in [0.5, 0.6) is 0 Å². The van der Waals surface area contributed by atoms with Gasteiger partial charge in [-0.25, -0.2) is 9.50 Å². The van der Waals surface area contributed by atoms with E-state index in [1.807, 2.05) is 41.0 Å². The molecule has 0 radical (unpaired) electrons. The minimum absolute atomic E-state index is 0.722. The molecule has 1 aromatic carbocycles. The minimum Gasteiger partial charge on any atom is -0.356 e. The Labute approximate surface area is 131 Å². The number of hydrogen-bond donors (Lipinski definition) is 1. The summed E-state index contributed by atoms with van der Waals surface area (Å²) in [6.07, 6.45) is 5.44. The molecule has 0 saturated carbocycles. The van der Waals surface area contributed by atoms with E-state index in [0.717, 1.165) is 27.9 Å². The number of pyridine rings is 1. The van der Waals surface area contributed by atoms with Crippen LogP contribution < -0.4 is 5.32 Å². The van der Waals surface area contributed by atoms with Crippen molar-refractivity contribution in [3.05, 3.63) is 66.6 Å². The van der Waals surface area contributed by atoms with Gasteiger partial charge in [-0.1, -0.05) is 41.7 Å². The van der Waals surface area contributed by atoms with Crippen molar-refractivity contribution in [3.63, 3.8) is 0 Å². The summed E-state index contributed by atoms with van der Waals surface area (Å²) in [4.78, 5) is 9.34. The first-order valence-electron chi connectivity index (χ1n) is 6.93. The van der Waals surface area contributed by atoms with E-state index in [9.17, 15) is 0 Å². The highest BCUT2D eigenvalue weighted by Gasteiger charge is 2.11. The lowest BCUT2D eigenvalue weighted by Crippen LogP contribution is -1.99. The highest BCUT2D eigenvalue weighted by atomic mass is 32.1. The van der Waals surface area contributed by atoms with Crippen LogP contribution in [0.3, 0.4) is 0 Å². The van der Waals surface area contributed by atoms with Gasteiger partial charge in [-0.15, -0.1) is 5.10 Å². The lowest BCUT2D eigenvalue weighted by atomic mass is 10.2. The third kappa shape index (κ3) is 2.44. The van der Waals surface area contributed by atoms with Crippen molar-refractivity contribution in [1.82, 2.24) is 19.6 Å². The predicted octanol–water partition coefficient (Wildman–Crippen LogP) is 3.46. The molecule has 0 aliphatic carbocycles. The summed E-state index contributed by atoms with van der Waals surface area (Å²) in [5, 5.41) is 8.80. The Morgan fingerprint density at radius 3 is 2.68 bits per heavy atom. The van der Waals surface area contributed by atoms with Gasteiger partial charge in [-0.05, 0) is 17.7 Å². The van der Waals surface area contributed by atoms with E-state index in [4.69, 9.17) is 0 Å². The van der Waals surface area contributed by atoms with Crippen molar-refractivity contribution in [2.75, 3.05) is 5.32 Å². The number of benzene rings is 1. The Kier molecular flexibility index (Phi) is 3.29. The van der Waals surface area contributed by atoms with Crippen LogP contribution >= 0.6 is 11.3 Å². The summed E-state index contributed by atoms with van der Waals surface area (Å²) in [5.41, 5.74) is 3.29. The molecule has 0 saturated heterocycles. The molecule has 0 unspecified atom stereocenters. The molecule has 0 fully saturated rings. The van der Waals surface area contributed by atoms with Gasteiger partial charge in [0.05, 0.1) is 11.9 Å². The van der Waals surface area contributed by atoms with Gasteiger partial charge in [0.15, 0.2) is 0 Å². The first-order valence-corrected chi connectivity index (χ1v) is 7.74. The summed E-state index contributed by atoms with van der Waals surface area (Å²) in [6.45, 7) is 0.722. The van der Waals surface area contributed by atoms with E-state index in [2.05, 4.69) is 32.5 Å².